The molecule has 0 aliphatic heterocycles. The Labute approximate surface area is 52.4 Å². The highest BCUT2D eigenvalue weighted by molar-refractivity contribution is 9.10. The molecule has 2 rings (SSSR count). The van der Waals surface area contributed by atoms with E-state index in [0.717, 1.165) is 0 Å². The van der Waals surface area contributed by atoms with Crippen LogP contribution in [0.3, 0.4) is 0 Å². The van der Waals surface area contributed by atoms with Gasteiger partial charge in [-0.25, -0.2) is 0 Å². The van der Waals surface area contributed by atoms with Crippen molar-refractivity contribution in [3.05, 3.63) is 5.92 Å². The molecule has 1 heteroatoms. The maximum Gasteiger partial charge on any atom is 0.0321 e. The van der Waals surface area contributed by atoms with Crippen LogP contribution in [-0.4, -0.2) is 4.32 Å². The minimum atomic E-state index is 0.590. The SMILES string of the molecule is BrC1([C]2CC2)CC1. The summed E-state index contributed by atoms with van der Waals surface area (Å²) in [6.07, 6.45) is 5.63. The van der Waals surface area contributed by atoms with Gasteiger partial charge in [0.15, 0.2) is 0 Å². The monoisotopic (exact) mass is 159 g/mol. The first kappa shape index (κ1) is 4.37. The molecule has 0 nitrogen and oxygen atoms in total. The number of hydrogen-bond donors (Lipinski definition) is 0. The molecule has 1 radical (unpaired) electrons. The molecule has 2 aliphatic carbocycles. The molecule has 0 aromatic rings. The third-order valence-electron chi connectivity index (χ3n) is 1.82. The first-order valence-electron chi connectivity index (χ1n) is 2.85. The van der Waals surface area contributed by atoms with Gasteiger partial charge in [0.25, 0.3) is 0 Å². The van der Waals surface area contributed by atoms with Crippen molar-refractivity contribution < 1.29 is 0 Å². The van der Waals surface area contributed by atoms with Crippen molar-refractivity contribution in [1.29, 1.82) is 0 Å². The average molecular weight is 160 g/mol. The van der Waals surface area contributed by atoms with Crippen LogP contribution >= 0.6 is 15.9 Å². The predicted molar refractivity (Wildman–Crippen MR) is 33.4 cm³/mol. The second kappa shape index (κ2) is 1.07. The highest BCUT2D eigenvalue weighted by Gasteiger charge is 2.52. The lowest BCUT2D eigenvalue weighted by Crippen LogP contribution is -1.94. The fourth-order valence-corrected chi connectivity index (χ4v) is 1.57. The zero-order valence-electron chi connectivity index (χ0n) is 4.21. The van der Waals surface area contributed by atoms with Crippen LogP contribution in [-0.2, 0) is 0 Å². The fourth-order valence-electron chi connectivity index (χ4n) is 0.974. The summed E-state index contributed by atoms with van der Waals surface area (Å²) in [7, 11) is 0. The summed E-state index contributed by atoms with van der Waals surface area (Å²) in [4.78, 5) is 0. The largest absolute Gasteiger partial charge is 0.0847 e. The van der Waals surface area contributed by atoms with E-state index in [-0.39, 0.29) is 0 Å². The molecule has 0 aromatic carbocycles. The molecule has 0 atom stereocenters. The summed E-state index contributed by atoms with van der Waals surface area (Å²) in [5.41, 5.74) is 0. The normalized spacial score (nSPS) is 35.6. The van der Waals surface area contributed by atoms with E-state index in [2.05, 4.69) is 15.9 Å². The minimum absolute atomic E-state index is 0.590. The third kappa shape index (κ3) is 0.620. The van der Waals surface area contributed by atoms with Crippen molar-refractivity contribution in [2.75, 3.05) is 0 Å². The zero-order chi connectivity index (χ0) is 4.91. The third-order valence-corrected chi connectivity index (χ3v) is 3.18. The van der Waals surface area contributed by atoms with Crippen LogP contribution in [0.25, 0.3) is 0 Å². The average Bonchev–Trinajstić information content (AvgIpc) is 2.14. The van der Waals surface area contributed by atoms with E-state index in [0.29, 0.717) is 4.32 Å². The molecule has 0 spiro atoms. The Morgan fingerprint density at radius 3 is 2.00 bits per heavy atom. The van der Waals surface area contributed by atoms with E-state index >= 15 is 0 Å². The lowest BCUT2D eigenvalue weighted by Gasteiger charge is -1.97. The maximum atomic E-state index is 3.68. The molecule has 0 bridgehead atoms. The van der Waals surface area contributed by atoms with Gasteiger partial charge < -0.3 is 0 Å². The van der Waals surface area contributed by atoms with Crippen molar-refractivity contribution in [3.8, 4) is 0 Å². The molecule has 7 heavy (non-hydrogen) atoms. The Hall–Kier alpha value is 0.480. The molecule has 0 N–H and O–H groups in total. The summed E-state index contributed by atoms with van der Waals surface area (Å²) in [5.74, 6) is 1.77. The van der Waals surface area contributed by atoms with Gasteiger partial charge in [-0.05, 0) is 31.6 Å². The van der Waals surface area contributed by atoms with Gasteiger partial charge in [0.1, 0.15) is 0 Å². The Balaban J connectivity index is 2.04. The first-order chi connectivity index (χ1) is 3.31. The van der Waals surface area contributed by atoms with Crippen LogP contribution < -0.4 is 0 Å². The van der Waals surface area contributed by atoms with Gasteiger partial charge in [0, 0.05) is 4.32 Å². The molecule has 2 aliphatic rings. The van der Waals surface area contributed by atoms with Gasteiger partial charge in [0.05, 0.1) is 0 Å². The van der Waals surface area contributed by atoms with Gasteiger partial charge in [-0.15, -0.1) is 0 Å². The summed E-state index contributed by atoms with van der Waals surface area (Å²) >= 11 is 3.68. The van der Waals surface area contributed by atoms with Crippen LogP contribution in [0.1, 0.15) is 25.7 Å². The van der Waals surface area contributed by atoms with Gasteiger partial charge >= 0.3 is 0 Å². The standard InChI is InChI=1S/C6H8Br/c7-6(3-4-6)5-1-2-5/h1-4H2. The van der Waals surface area contributed by atoms with Gasteiger partial charge in [-0.3, -0.25) is 0 Å². The Morgan fingerprint density at radius 2 is 1.86 bits per heavy atom. The molecule has 0 saturated heterocycles. The van der Waals surface area contributed by atoms with Crippen molar-refractivity contribution in [2.45, 2.75) is 30.0 Å². The van der Waals surface area contributed by atoms with Crippen molar-refractivity contribution in [1.82, 2.24) is 0 Å². The van der Waals surface area contributed by atoms with E-state index in [9.17, 15) is 0 Å². The Kier molecular flexibility index (Phi) is 0.668. The molecule has 0 aromatic heterocycles. The quantitative estimate of drug-likeness (QED) is 0.516. The highest BCUT2D eigenvalue weighted by atomic mass is 79.9. The molecule has 2 fully saturated rings. The minimum Gasteiger partial charge on any atom is -0.0847 e. The predicted octanol–water partition coefficient (Wildman–Crippen LogP) is 2.28. The summed E-state index contributed by atoms with van der Waals surface area (Å²) in [6, 6.07) is 0. The first-order valence-corrected chi connectivity index (χ1v) is 3.65. The van der Waals surface area contributed by atoms with Gasteiger partial charge in [-0.2, -0.15) is 0 Å². The van der Waals surface area contributed by atoms with Crippen LogP contribution in [0.5, 0.6) is 0 Å². The number of rotatable bonds is 1. The molecule has 39 valence electrons. The molecular formula is C6H8Br. The molecule has 2 saturated carbocycles. The topological polar surface area (TPSA) is 0 Å². The molecule has 0 heterocycles. The Morgan fingerprint density at radius 1 is 1.29 bits per heavy atom. The van der Waals surface area contributed by atoms with E-state index in [4.69, 9.17) is 0 Å². The summed E-state index contributed by atoms with van der Waals surface area (Å²) in [6.45, 7) is 0. The zero-order valence-corrected chi connectivity index (χ0v) is 5.79. The van der Waals surface area contributed by atoms with Crippen LogP contribution in [0.15, 0.2) is 0 Å². The summed E-state index contributed by atoms with van der Waals surface area (Å²) < 4.78 is 0.590. The van der Waals surface area contributed by atoms with Crippen molar-refractivity contribution >= 4 is 15.9 Å². The van der Waals surface area contributed by atoms with Gasteiger partial charge in [0.2, 0.25) is 0 Å². The second-order valence-electron chi connectivity index (χ2n) is 2.57. The van der Waals surface area contributed by atoms with Gasteiger partial charge in [-0.1, -0.05) is 15.9 Å². The second-order valence-corrected chi connectivity index (χ2v) is 4.09. The molecular weight excluding hydrogens is 152 g/mol. The molecule has 0 unspecified atom stereocenters. The van der Waals surface area contributed by atoms with Crippen molar-refractivity contribution in [3.63, 3.8) is 0 Å². The number of halogens is 1. The van der Waals surface area contributed by atoms with E-state index in [1.54, 1.807) is 5.92 Å². The number of alkyl halides is 1. The lowest BCUT2D eigenvalue weighted by molar-refractivity contribution is 1.06. The van der Waals surface area contributed by atoms with Crippen molar-refractivity contribution in [2.24, 2.45) is 0 Å². The van der Waals surface area contributed by atoms with E-state index < -0.39 is 0 Å². The number of hydrogen-bond acceptors (Lipinski definition) is 0. The Bertz CT molecular complexity index is 90.4. The maximum absolute atomic E-state index is 3.68. The lowest BCUT2D eigenvalue weighted by atomic mass is 10.3. The molecule has 0 amide bonds. The van der Waals surface area contributed by atoms with E-state index in [1.165, 1.54) is 25.7 Å². The van der Waals surface area contributed by atoms with Crippen LogP contribution in [0.4, 0.5) is 0 Å². The highest BCUT2D eigenvalue weighted by Crippen LogP contribution is 2.61. The van der Waals surface area contributed by atoms with E-state index in [1.807, 2.05) is 0 Å². The van der Waals surface area contributed by atoms with Crippen LogP contribution in [0, 0.1) is 5.92 Å². The summed E-state index contributed by atoms with van der Waals surface area (Å²) in [5, 5.41) is 0. The fraction of sp³-hybridized carbons (Fsp3) is 0.833. The smallest absolute Gasteiger partial charge is 0.0321 e. The van der Waals surface area contributed by atoms with Crippen LogP contribution in [0.2, 0.25) is 0 Å².